The van der Waals surface area contributed by atoms with Gasteiger partial charge >= 0.3 is 7.60 Å². The molecule has 4 saturated carbocycles. The van der Waals surface area contributed by atoms with Gasteiger partial charge in [0.1, 0.15) is 5.75 Å². The van der Waals surface area contributed by atoms with Crippen molar-refractivity contribution >= 4 is 18.8 Å². The van der Waals surface area contributed by atoms with E-state index in [1.807, 2.05) is 48.5 Å². The average molecular weight is 421 g/mol. The third-order valence-corrected chi connectivity index (χ3v) is 9.79. The zero-order chi connectivity index (χ0) is 19.9. The Morgan fingerprint density at radius 2 is 1.53 bits per heavy atom. The van der Waals surface area contributed by atoms with E-state index in [0.717, 1.165) is 28.7 Å². The molecule has 30 heavy (non-hydrogen) atoms. The fourth-order valence-corrected chi connectivity index (χ4v) is 8.68. The molecule has 0 atom stereocenters. The Morgan fingerprint density at radius 1 is 0.867 bits per heavy atom. The van der Waals surface area contributed by atoms with Crippen molar-refractivity contribution in [1.82, 2.24) is 0 Å². The number of benzene rings is 2. The van der Waals surface area contributed by atoms with Crippen LogP contribution in [0.2, 0.25) is 0 Å². The van der Waals surface area contributed by atoms with E-state index in [2.05, 4.69) is 4.99 Å². The van der Waals surface area contributed by atoms with Gasteiger partial charge in [0, 0.05) is 23.0 Å². The summed E-state index contributed by atoms with van der Waals surface area (Å²) < 4.78 is 31.9. The van der Waals surface area contributed by atoms with Crippen LogP contribution in [0, 0.1) is 23.7 Å². The number of fused-ring (bicyclic) bond motifs is 1. The van der Waals surface area contributed by atoms with Crippen LogP contribution in [0.5, 0.6) is 5.75 Å². The molecule has 0 amide bonds. The van der Waals surface area contributed by atoms with E-state index >= 15 is 0 Å². The molecule has 154 valence electrons. The van der Waals surface area contributed by atoms with E-state index in [0.29, 0.717) is 29.6 Å². The lowest BCUT2D eigenvalue weighted by Crippen LogP contribution is -2.64. The molecule has 5 nitrogen and oxygen atoms in total. The Kier molecular flexibility index (Phi) is 3.58. The first-order chi connectivity index (χ1) is 14.6. The number of aliphatic imine (C=N–C) groups is 1. The lowest BCUT2D eigenvalue weighted by molar-refractivity contribution is -0.311. The summed E-state index contributed by atoms with van der Waals surface area (Å²) in [6, 6.07) is 15.4. The van der Waals surface area contributed by atoms with Gasteiger partial charge in [-0.25, -0.2) is 4.99 Å². The maximum absolute atomic E-state index is 13.4. The van der Waals surface area contributed by atoms with Crippen LogP contribution in [0.15, 0.2) is 53.5 Å². The average Bonchev–Trinajstić information content (AvgIpc) is 2.75. The van der Waals surface area contributed by atoms with E-state index in [1.165, 1.54) is 32.1 Å². The zero-order valence-corrected chi connectivity index (χ0v) is 17.6. The van der Waals surface area contributed by atoms with Crippen LogP contribution < -0.4 is 10.0 Å². The van der Waals surface area contributed by atoms with Gasteiger partial charge in [0.05, 0.1) is 11.8 Å². The predicted molar refractivity (Wildman–Crippen MR) is 113 cm³/mol. The Labute approximate surface area is 176 Å². The molecule has 2 heterocycles. The van der Waals surface area contributed by atoms with Crippen molar-refractivity contribution in [1.29, 1.82) is 0 Å². The van der Waals surface area contributed by atoms with E-state index < -0.39 is 13.4 Å². The molecular weight excluding hydrogens is 397 g/mol. The lowest BCUT2D eigenvalue weighted by atomic mass is 9.53. The maximum Gasteiger partial charge on any atom is 0.366 e. The normalized spacial score (nSPS) is 40.5. The molecule has 5 fully saturated rings. The number of ether oxygens (including phenoxy) is 1. The lowest BCUT2D eigenvalue weighted by Gasteiger charge is -2.64. The first-order valence-electron chi connectivity index (χ1n) is 11.0. The van der Waals surface area contributed by atoms with Crippen molar-refractivity contribution in [3.8, 4) is 5.75 Å². The topological polar surface area (TPSA) is 57.1 Å². The molecule has 2 aromatic rings. The highest BCUT2D eigenvalue weighted by Gasteiger charge is 2.69. The van der Waals surface area contributed by atoms with Gasteiger partial charge in [0.15, 0.2) is 5.79 Å². The van der Waals surface area contributed by atoms with Crippen LogP contribution in [-0.4, -0.2) is 11.7 Å². The van der Waals surface area contributed by atoms with Crippen molar-refractivity contribution in [3.05, 3.63) is 59.7 Å². The third-order valence-electron chi connectivity index (χ3n) is 7.80. The Bertz CT molecular complexity index is 1070. The SMILES string of the molecule is O=P1(c2ccc(C3=NCc4ccccc4O3)cc2)OC2(O1)C1CC3CC(C1)CC2C3. The van der Waals surface area contributed by atoms with Gasteiger partial charge in [-0.1, -0.05) is 18.2 Å². The molecule has 0 aromatic heterocycles. The molecule has 1 spiro atoms. The predicted octanol–water partition coefficient (Wildman–Crippen LogP) is 5.04. The number of rotatable bonds is 2. The summed E-state index contributed by atoms with van der Waals surface area (Å²) in [6.45, 7) is 0.602. The summed E-state index contributed by atoms with van der Waals surface area (Å²) in [6.07, 6.45) is 6.06. The van der Waals surface area contributed by atoms with Crippen molar-refractivity contribution in [2.75, 3.05) is 0 Å². The largest absolute Gasteiger partial charge is 0.438 e. The molecule has 8 rings (SSSR count). The van der Waals surface area contributed by atoms with Gasteiger partial charge in [-0.15, -0.1) is 0 Å². The van der Waals surface area contributed by atoms with E-state index in [4.69, 9.17) is 13.8 Å². The third kappa shape index (κ3) is 2.43. The standard InChI is InChI=1S/C24H24NO4P/c26-30(28-24(29-30)19-10-15-9-16(12-19)13-20(24)11-15)21-7-5-17(6-8-21)23-25-14-18-3-1-2-4-22(18)27-23/h1-8,15-16,19-20H,9-14H2. The van der Waals surface area contributed by atoms with E-state index in [1.54, 1.807) is 0 Å². The highest BCUT2D eigenvalue weighted by Crippen LogP contribution is 2.74. The van der Waals surface area contributed by atoms with Crippen molar-refractivity contribution in [2.24, 2.45) is 28.7 Å². The molecule has 0 unspecified atom stereocenters. The molecule has 4 bridgehead atoms. The maximum atomic E-state index is 13.4. The minimum Gasteiger partial charge on any atom is -0.438 e. The summed E-state index contributed by atoms with van der Waals surface area (Å²) in [4.78, 5) is 4.55. The smallest absolute Gasteiger partial charge is 0.366 e. The molecule has 2 aliphatic heterocycles. The second-order valence-corrected chi connectivity index (χ2v) is 11.5. The van der Waals surface area contributed by atoms with Crippen LogP contribution >= 0.6 is 7.60 Å². The summed E-state index contributed by atoms with van der Waals surface area (Å²) >= 11 is 0. The van der Waals surface area contributed by atoms with Crippen molar-refractivity contribution < 1.29 is 18.3 Å². The van der Waals surface area contributed by atoms with Gasteiger partial charge < -0.3 is 4.74 Å². The van der Waals surface area contributed by atoms with Crippen LogP contribution in [0.4, 0.5) is 0 Å². The molecular formula is C24H24NO4P. The monoisotopic (exact) mass is 421 g/mol. The van der Waals surface area contributed by atoms with Gasteiger partial charge in [0.2, 0.25) is 5.90 Å². The Morgan fingerprint density at radius 3 is 2.23 bits per heavy atom. The molecule has 0 radical (unpaired) electrons. The minimum absolute atomic E-state index is 0.417. The number of hydrogen-bond donors (Lipinski definition) is 0. The highest BCUT2D eigenvalue weighted by atomic mass is 31.2. The van der Waals surface area contributed by atoms with Crippen LogP contribution in [0.1, 0.15) is 43.2 Å². The quantitative estimate of drug-likeness (QED) is 0.638. The highest BCUT2D eigenvalue weighted by molar-refractivity contribution is 7.63. The first-order valence-corrected chi connectivity index (χ1v) is 12.6. The zero-order valence-electron chi connectivity index (χ0n) is 16.7. The van der Waals surface area contributed by atoms with Crippen molar-refractivity contribution in [3.63, 3.8) is 0 Å². The number of hydrogen-bond acceptors (Lipinski definition) is 5. The van der Waals surface area contributed by atoms with Gasteiger partial charge in [-0.3, -0.25) is 13.6 Å². The first kappa shape index (κ1) is 17.7. The van der Waals surface area contributed by atoms with Crippen LogP contribution in [0.25, 0.3) is 0 Å². The van der Waals surface area contributed by atoms with E-state index in [9.17, 15) is 4.57 Å². The van der Waals surface area contributed by atoms with Crippen LogP contribution in [-0.2, 0) is 20.2 Å². The molecule has 4 aliphatic carbocycles. The summed E-state index contributed by atoms with van der Waals surface area (Å²) in [5, 5.41) is 0.627. The molecule has 1 saturated heterocycles. The Balaban J connectivity index is 1.11. The molecule has 6 heteroatoms. The van der Waals surface area contributed by atoms with Crippen molar-refractivity contribution in [2.45, 2.75) is 44.4 Å². The van der Waals surface area contributed by atoms with Gasteiger partial charge in [-0.2, -0.15) is 0 Å². The fourth-order valence-electron chi connectivity index (χ4n) is 6.59. The van der Waals surface area contributed by atoms with Crippen LogP contribution in [0.3, 0.4) is 0 Å². The summed E-state index contributed by atoms with van der Waals surface area (Å²) in [7, 11) is -3.23. The fraction of sp³-hybridized carbons (Fsp3) is 0.458. The second-order valence-electron chi connectivity index (χ2n) is 9.58. The van der Waals surface area contributed by atoms with Gasteiger partial charge in [0.25, 0.3) is 0 Å². The number of para-hydroxylation sites is 1. The minimum atomic E-state index is -3.23. The van der Waals surface area contributed by atoms with E-state index in [-0.39, 0.29) is 0 Å². The Hall–Kier alpha value is -1.94. The molecule has 2 aromatic carbocycles. The summed E-state index contributed by atoms with van der Waals surface area (Å²) in [5.74, 6) is 3.33. The second kappa shape index (κ2) is 6.06. The summed E-state index contributed by atoms with van der Waals surface area (Å²) in [5.41, 5.74) is 1.95. The number of nitrogens with zero attached hydrogens (tertiary/aromatic N) is 1. The molecule has 0 N–H and O–H groups in total. The van der Waals surface area contributed by atoms with Gasteiger partial charge in [-0.05, 0) is 74.3 Å². The molecule has 6 aliphatic rings.